The van der Waals surface area contributed by atoms with Crippen LogP contribution in [0.1, 0.15) is 38.2 Å². The number of nitrogens with two attached hydrogens (primary N) is 1. The summed E-state index contributed by atoms with van der Waals surface area (Å²) in [6.45, 7) is 3.80. The number of quaternary nitrogens is 1. The predicted molar refractivity (Wildman–Crippen MR) is 114 cm³/mol. The van der Waals surface area contributed by atoms with Crippen molar-refractivity contribution in [3.63, 3.8) is 0 Å². The normalized spacial score (nSPS) is 26.5. The molecule has 1 aromatic carbocycles. The molecule has 1 fully saturated rings. The number of primary amides is 1. The maximum Gasteiger partial charge on any atom is 0.303 e. The number of rotatable bonds is 6. The highest BCUT2D eigenvalue weighted by Gasteiger charge is 2.57. The van der Waals surface area contributed by atoms with Gasteiger partial charge in [-0.05, 0) is 25.5 Å². The molecule has 0 radical (unpaired) electrons. The highest BCUT2D eigenvalue weighted by molar-refractivity contribution is 6.43. The maximum absolute atomic E-state index is 12.5. The minimum Gasteiger partial charge on any atom is -0.361 e. The monoisotopic (exact) mass is 425 g/mol. The first kappa shape index (κ1) is 21.1. The first-order chi connectivity index (χ1) is 13.2. The zero-order valence-electron chi connectivity index (χ0n) is 16.3. The molecule has 2 atom stereocenters. The van der Waals surface area contributed by atoms with Crippen LogP contribution in [-0.4, -0.2) is 44.0 Å². The Morgan fingerprint density at radius 2 is 2.11 bits per heavy atom. The van der Waals surface area contributed by atoms with Crippen LogP contribution in [0.5, 0.6) is 0 Å². The largest absolute Gasteiger partial charge is 0.361 e. The number of fused-ring (bicyclic) bond motifs is 1. The molecule has 4 N–H and O–H groups in total. The topological polar surface area (TPSA) is 84.2 Å². The third kappa shape index (κ3) is 3.43. The molecule has 152 valence electrons. The molecule has 1 aromatic rings. The lowest BCUT2D eigenvalue weighted by atomic mass is 9.80. The Balaban J connectivity index is 2.07. The number of benzene rings is 1. The highest BCUT2D eigenvalue weighted by Crippen LogP contribution is 2.51. The molecule has 2 heterocycles. The van der Waals surface area contributed by atoms with Gasteiger partial charge in [0.05, 0.1) is 29.2 Å². The first-order valence-corrected chi connectivity index (χ1v) is 10.3. The van der Waals surface area contributed by atoms with Crippen LogP contribution in [-0.2, 0) is 9.59 Å². The lowest BCUT2D eigenvalue weighted by Crippen LogP contribution is -2.69. The summed E-state index contributed by atoms with van der Waals surface area (Å²) < 4.78 is 0.293. The number of hydrogen-bond donors (Lipinski definition) is 3. The molecule has 0 bridgehead atoms. The van der Waals surface area contributed by atoms with Crippen LogP contribution in [0.3, 0.4) is 0 Å². The van der Waals surface area contributed by atoms with Crippen molar-refractivity contribution >= 4 is 46.8 Å². The first-order valence-electron chi connectivity index (χ1n) is 9.55. The van der Waals surface area contributed by atoms with Gasteiger partial charge in [-0.1, -0.05) is 23.2 Å². The number of piperidine rings is 1. The Morgan fingerprint density at radius 3 is 2.71 bits per heavy atom. The molecule has 28 heavy (non-hydrogen) atoms. The fourth-order valence-corrected chi connectivity index (χ4v) is 5.11. The second-order valence-electron chi connectivity index (χ2n) is 7.79. The second-order valence-corrected chi connectivity index (χ2v) is 8.57. The highest BCUT2D eigenvalue weighted by atomic mass is 35.5. The van der Waals surface area contributed by atoms with E-state index >= 15 is 0 Å². The van der Waals surface area contributed by atoms with Gasteiger partial charge in [0.2, 0.25) is 11.6 Å². The van der Waals surface area contributed by atoms with Crippen molar-refractivity contribution in [1.82, 2.24) is 15.1 Å². The summed E-state index contributed by atoms with van der Waals surface area (Å²) in [7, 11) is 2.04. The van der Waals surface area contributed by atoms with Gasteiger partial charge in [0.1, 0.15) is 11.2 Å². The Kier molecular flexibility index (Phi) is 6.05. The summed E-state index contributed by atoms with van der Waals surface area (Å²) in [5.41, 5.74) is 7.76. The molecule has 0 aliphatic carbocycles. The second kappa shape index (κ2) is 8.03. The molecule has 2 amide bonds. The van der Waals surface area contributed by atoms with Gasteiger partial charge in [0, 0.05) is 38.5 Å². The number of halogens is 2. The lowest BCUT2D eigenvalue weighted by molar-refractivity contribution is -0.119. The van der Waals surface area contributed by atoms with Gasteiger partial charge in [-0.25, -0.2) is 0 Å². The summed E-state index contributed by atoms with van der Waals surface area (Å²) in [6, 6.07) is 3.72. The smallest absolute Gasteiger partial charge is 0.303 e. The van der Waals surface area contributed by atoms with Gasteiger partial charge < -0.3 is 16.4 Å². The molecule has 0 aromatic heterocycles. The van der Waals surface area contributed by atoms with Gasteiger partial charge in [-0.2, -0.15) is 0 Å². The molecule has 0 spiro atoms. The van der Waals surface area contributed by atoms with Crippen molar-refractivity contribution in [1.29, 1.82) is 0 Å². The van der Waals surface area contributed by atoms with Gasteiger partial charge in [0.25, 0.3) is 0 Å². The van der Waals surface area contributed by atoms with Crippen LogP contribution in [0.25, 0.3) is 6.08 Å². The number of amides is 2. The van der Waals surface area contributed by atoms with Crippen molar-refractivity contribution in [2.45, 2.75) is 38.1 Å². The number of nitrogens with zero attached hydrogens (tertiary/aromatic N) is 1. The molecule has 2 aliphatic rings. The van der Waals surface area contributed by atoms with E-state index in [1.165, 1.54) is 6.92 Å². The summed E-state index contributed by atoms with van der Waals surface area (Å²) in [5, 5.41) is 7.26. The average Bonchev–Trinajstić information content (AvgIpc) is 2.98. The van der Waals surface area contributed by atoms with Crippen molar-refractivity contribution < 1.29 is 9.59 Å². The quantitative estimate of drug-likeness (QED) is 0.483. The van der Waals surface area contributed by atoms with E-state index in [2.05, 4.69) is 10.6 Å². The summed E-state index contributed by atoms with van der Waals surface area (Å²) in [4.78, 5) is 23.7. The van der Waals surface area contributed by atoms with Crippen LogP contribution in [0.2, 0.25) is 10.0 Å². The number of likely N-dealkylation sites (N-methyl/N-ethyl adjacent to an activating group) is 1. The Labute approximate surface area is 175 Å². The fraction of sp³-hybridized carbons (Fsp3) is 0.500. The van der Waals surface area contributed by atoms with Crippen LogP contribution in [0.4, 0.5) is 5.69 Å². The van der Waals surface area contributed by atoms with Crippen molar-refractivity contribution in [2.75, 3.05) is 26.7 Å². The number of carbonyl (C=O) groups is 2. The van der Waals surface area contributed by atoms with E-state index in [0.717, 1.165) is 50.0 Å². The van der Waals surface area contributed by atoms with Crippen LogP contribution < -0.4 is 20.9 Å². The minimum absolute atomic E-state index is 0.0399. The molecule has 6 nitrogen and oxygen atoms in total. The van der Waals surface area contributed by atoms with Crippen molar-refractivity contribution in [3.05, 3.63) is 33.4 Å². The maximum atomic E-state index is 12.5. The standard InChI is InChI=1S/C20H26Cl2N4O2/c1-13(27)25-10-4-8-20(7-3-9-24-12-20)26(2)16-6-5-15(21)18(22)14(16)11-17(26)19(23)28/h5-6,11,24H,3-4,7-10,12H2,1-2H3,(H2-,23,25,27,28)/p+1. The molecule has 1 saturated heterocycles. The van der Waals surface area contributed by atoms with Gasteiger partial charge in [-0.15, -0.1) is 0 Å². The number of hydrogen-bond acceptors (Lipinski definition) is 3. The van der Waals surface area contributed by atoms with E-state index in [1.54, 1.807) is 12.1 Å². The van der Waals surface area contributed by atoms with E-state index in [4.69, 9.17) is 28.9 Å². The van der Waals surface area contributed by atoms with E-state index < -0.39 is 5.91 Å². The van der Waals surface area contributed by atoms with Crippen LogP contribution >= 0.6 is 23.2 Å². The molecule has 8 heteroatoms. The minimum atomic E-state index is -0.460. The Bertz CT molecular complexity index is 834. The summed E-state index contributed by atoms with van der Waals surface area (Å²) in [5.74, 6) is -0.500. The summed E-state index contributed by atoms with van der Waals surface area (Å²) in [6.07, 6.45) is 5.34. The van der Waals surface area contributed by atoms with E-state index in [-0.39, 0.29) is 11.4 Å². The van der Waals surface area contributed by atoms with Crippen LogP contribution in [0.15, 0.2) is 17.8 Å². The lowest BCUT2D eigenvalue weighted by Gasteiger charge is -2.51. The number of carbonyl (C=O) groups excluding carboxylic acids is 2. The van der Waals surface area contributed by atoms with Gasteiger partial charge in [-0.3, -0.25) is 14.1 Å². The van der Waals surface area contributed by atoms with Crippen molar-refractivity contribution in [2.24, 2.45) is 5.73 Å². The van der Waals surface area contributed by atoms with Gasteiger partial charge in [0.15, 0.2) is 0 Å². The third-order valence-electron chi connectivity index (χ3n) is 6.20. The Hall–Kier alpha value is -1.60. The summed E-state index contributed by atoms with van der Waals surface area (Å²) >= 11 is 12.7. The zero-order chi connectivity index (χ0) is 20.5. The zero-order valence-corrected chi connectivity index (χ0v) is 17.8. The molecule has 3 rings (SSSR count). The molecular formula is C20H27Cl2N4O2+. The number of nitrogens with one attached hydrogen (secondary N) is 2. The van der Waals surface area contributed by atoms with E-state index in [9.17, 15) is 9.59 Å². The van der Waals surface area contributed by atoms with E-state index in [0.29, 0.717) is 26.8 Å². The SMILES string of the molecule is CC(=O)NCCCC1([N+]2(C)C(C(N)=O)=Cc3c2ccc(Cl)c3Cl)CCCNC1. The molecular weight excluding hydrogens is 399 g/mol. The Morgan fingerprint density at radius 1 is 1.36 bits per heavy atom. The van der Waals surface area contributed by atoms with Gasteiger partial charge >= 0.3 is 5.91 Å². The fourth-order valence-electron chi connectivity index (χ4n) is 4.73. The molecule has 2 aliphatic heterocycles. The molecule has 0 saturated carbocycles. The van der Waals surface area contributed by atoms with Crippen molar-refractivity contribution in [3.8, 4) is 0 Å². The third-order valence-corrected chi connectivity index (χ3v) is 7.02. The predicted octanol–water partition coefficient (Wildman–Crippen LogP) is 2.81. The molecule has 2 unspecified atom stereocenters. The van der Waals surface area contributed by atoms with E-state index in [1.807, 2.05) is 13.1 Å². The average molecular weight is 426 g/mol. The van der Waals surface area contributed by atoms with Crippen LogP contribution in [0, 0.1) is 0 Å².